The highest BCUT2D eigenvalue weighted by Gasteiger charge is 2.47. The molecule has 2 aliphatic rings. The first-order valence-corrected chi connectivity index (χ1v) is 4.21. The first-order chi connectivity index (χ1) is 4.87. The molecule has 2 heteroatoms. The van der Waals surface area contributed by atoms with Crippen LogP contribution in [0.25, 0.3) is 0 Å². The third-order valence-corrected chi connectivity index (χ3v) is 3.08. The largest absolute Gasteiger partial charge is 0.375 e. The number of nitrogens with two attached hydrogens (primary N) is 1. The van der Waals surface area contributed by atoms with Gasteiger partial charge in [-0.2, -0.15) is 0 Å². The van der Waals surface area contributed by atoms with Crippen LogP contribution in [0.15, 0.2) is 0 Å². The van der Waals surface area contributed by atoms with Gasteiger partial charge in [-0.25, -0.2) is 0 Å². The zero-order valence-corrected chi connectivity index (χ0v) is 6.31. The Morgan fingerprint density at radius 2 is 2.30 bits per heavy atom. The van der Waals surface area contributed by atoms with Gasteiger partial charge >= 0.3 is 0 Å². The van der Waals surface area contributed by atoms with Crippen molar-refractivity contribution >= 4 is 0 Å². The molecule has 1 heterocycles. The average molecular weight is 141 g/mol. The summed E-state index contributed by atoms with van der Waals surface area (Å²) in [7, 11) is 0. The van der Waals surface area contributed by atoms with Gasteiger partial charge in [0.25, 0.3) is 0 Å². The first kappa shape index (κ1) is 6.62. The molecule has 0 aromatic carbocycles. The lowest BCUT2D eigenvalue weighted by Gasteiger charge is -2.41. The van der Waals surface area contributed by atoms with Crippen LogP contribution in [0.3, 0.4) is 0 Å². The van der Waals surface area contributed by atoms with Crippen molar-refractivity contribution in [2.45, 2.75) is 31.3 Å². The Bertz CT molecular complexity index is 131. The molecule has 2 nitrogen and oxygen atoms in total. The van der Waals surface area contributed by atoms with E-state index >= 15 is 0 Å². The second-order valence-corrected chi connectivity index (χ2v) is 3.49. The molecule has 1 atom stereocenters. The van der Waals surface area contributed by atoms with Gasteiger partial charge in [0.2, 0.25) is 0 Å². The van der Waals surface area contributed by atoms with Crippen molar-refractivity contribution in [3.05, 3.63) is 0 Å². The van der Waals surface area contributed by atoms with Gasteiger partial charge in [0.15, 0.2) is 0 Å². The standard InChI is InChI=1S/C8H15NO/c9-6-7-2-5-10-8(7)3-1-4-8/h7H,1-6,9H2. The van der Waals surface area contributed by atoms with E-state index in [1.165, 1.54) is 25.7 Å². The molecule has 1 unspecified atom stereocenters. The van der Waals surface area contributed by atoms with Crippen LogP contribution in [-0.4, -0.2) is 18.8 Å². The smallest absolute Gasteiger partial charge is 0.0723 e. The molecule has 1 spiro atoms. The predicted octanol–water partition coefficient (Wildman–Crippen LogP) is 0.904. The zero-order chi connectivity index (χ0) is 7.03. The summed E-state index contributed by atoms with van der Waals surface area (Å²) >= 11 is 0. The first-order valence-electron chi connectivity index (χ1n) is 4.21. The minimum absolute atomic E-state index is 0.259. The second kappa shape index (κ2) is 2.21. The molecule has 58 valence electrons. The highest BCUT2D eigenvalue weighted by atomic mass is 16.5. The van der Waals surface area contributed by atoms with Crippen LogP contribution in [-0.2, 0) is 4.74 Å². The molecular weight excluding hydrogens is 126 g/mol. The van der Waals surface area contributed by atoms with Crippen molar-refractivity contribution in [1.29, 1.82) is 0 Å². The lowest BCUT2D eigenvalue weighted by atomic mass is 9.71. The van der Waals surface area contributed by atoms with Crippen molar-refractivity contribution in [1.82, 2.24) is 0 Å². The van der Waals surface area contributed by atoms with Crippen LogP contribution in [0.5, 0.6) is 0 Å². The van der Waals surface area contributed by atoms with E-state index in [2.05, 4.69) is 0 Å². The topological polar surface area (TPSA) is 35.2 Å². The van der Waals surface area contributed by atoms with Crippen LogP contribution in [0.2, 0.25) is 0 Å². The molecule has 0 amide bonds. The fraction of sp³-hybridized carbons (Fsp3) is 1.00. The van der Waals surface area contributed by atoms with E-state index in [9.17, 15) is 0 Å². The van der Waals surface area contributed by atoms with Gasteiger partial charge in [-0.15, -0.1) is 0 Å². The molecule has 2 N–H and O–H groups in total. The third kappa shape index (κ3) is 0.722. The second-order valence-electron chi connectivity index (χ2n) is 3.49. The Morgan fingerprint density at radius 1 is 1.50 bits per heavy atom. The maximum Gasteiger partial charge on any atom is 0.0723 e. The summed E-state index contributed by atoms with van der Waals surface area (Å²) in [5.41, 5.74) is 5.90. The molecule has 0 aromatic rings. The molecule has 1 saturated carbocycles. The van der Waals surface area contributed by atoms with E-state index in [0.717, 1.165) is 13.2 Å². The van der Waals surface area contributed by atoms with Crippen molar-refractivity contribution in [3.8, 4) is 0 Å². The van der Waals surface area contributed by atoms with Gasteiger partial charge in [-0.3, -0.25) is 0 Å². The fourth-order valence-corrected chi connectivity index (χ4v) is 2.20. The summed E-state index contributed by atoms with van der Waals surface area (Å²) in [6.07, 6.45) is 5.05. The number of hydrogen-bond donors (Lipinski definition) is 1. The highest BCUT2D eigenvalue weighted by molar-refractivity contribution is 4.99. The number of rotatable bonds is 1. The number of hydrogen-bond acceptors (Lipinski definition) is 2. The molecule has 0 aromatic heterocycles. The van der Waals surface area contributed by atoms with Gasteiger partial charge in [0, 0.05) is 12.5 Å². The summed E-state index contributed by atoms with van der Waals surface area (Å²) < 4.78 is 5.70. The van der Waals surface area contributed by atoms with Gasteiger partial charge < -0.3 is 10.5 Å². The van der Waals surface area contributed by atoms with E-state index in [0.29, 0.717) is 5.92 Å². The summed E-state index contributed by atoms with van der Waals surface area (Å²) in [4.78, 5) is 0. The van der Waals surface area contributed by atoms with E-state index in [4.69, 9.17) is 10.5 Å². The SMILES string of the molecule is NCC1CCOC12CCC2. The van der Waals surface area contributed by atoms with Gasteiger partial charge in [-0.1, -0.05) is 0 Å². The van der Waals surface area contributed by atoms with Crippen LogP contribution in [0.1, 0.15) is 25.7 Å². The Kier molecular flexibility index (Phi) is 1.46. The quantitative estimate of drug-likeness (QED) is 0.589. The van der Waals surface area contributed by atoms with Gasteiger partial charge in [-0.05, 0) is 32.2 Å². The van der Waals surface area contributed by atoms with Crippen LogP contribution >= 0.6 is 0 Å². The van der Waals surface area contributed by atoms with E-state index in [-0.39, 0.29) is 5.60 Å². The summed E-state index contributed by atoms with van der Waals surface area (Å²) in [5, 5.41) is 0. The van der Waals surface area contributed by atoms with Gasteiger partial charge in [0.1, 0.15) is 0 Å². The Morgan fingerprint density at radius 3 is 2.70 bits per heavy atom. The molecule has 2 fully saturated rings. The van der Waals surface area contributed by atoms with Crippen LogP contribution < -0.4 is 5.73 Å². The van der Waals surface area contributed by atoms with Crippen molar-refractivity contribution < 1.29 is 4.74 Å². The molecule has 0 radical (unpaired) electrons. The zero-order valence-electron chi connectivity index (χ0n) is 6.31. The molecule has 2 rings (SSSR count). The lowest BCUT2D eigenvalue weighted by Crippen LogP contribution is -2.45. The maximum atomic E-state index is 5.70. The summed E-state index contributed by atoms with van der Waals surface area (Å²) in [6.45, 7) is 1.77. The van der Waals surface area contributed by atoms with E-state index in [1.54, 1.807) is 0 Å². The Balaban J connectivity index is 2.05. The highest BCUT2D eigenvalue weighted by Crippen LogP contribution is 2.46. The molecule has 0 bridgehead atoms. The van der Waals surface area contributed by atoms with E-state index < -0.39 is 0 Å². The van der Waals surface area contributed by atoms with Gasteiger partial charge in [0.05, 0.1) is 5.60 Å². The Hall–Kier alpha value is -0.0800. The van der Waals surface area contributed by atoms with Crippen molar-refractivity contribution in [2.75, 3.05) is 13.2 Å². The molecular formula is C8H15NO. The molecule has 1 aliphatic heterocycles. The minimum atomic E-state index is 0.259. The number of ether oxygens (including phenoxy) is 1. The minimum Gasteiger partial charge on any atom is -0.375 e. The monoisotopic (exact) mass is 141 g/mol. The van der Waals surface area contributed by atoms with Crippen LogP contribution in [0, 0.1) is 5.92 Å². The maximum absolute atomic E-state index is 5.70. The summed E-state index contributed by atoms with van der Waals surface area (Å²) in [5.74, 6) is 0.668. The predicted molar refractivity (Wildman–Crippen MR) is 39.7 cm³/mol. The fourth-order valence-electron chi connectivity index (χ4n) is 2.20. The molecule has 1 aliphatic carbocycles. The van der Waals surface area contributed by atoms with Crippen molar-refractivity contribution in [2.24, 2.45) is 11.7 Å². The Labute approximate surface area is 61.7 Å². The normalized spacial score (nSPS) is 36.3. The average Bonchev–Trinajstić information content (AvgIpc) is 2.27. The summed E-state index contributed by atoms with van der Waals surface area (Å²) in [6, 6.07) is 0. The molecule has 10 heavy (non-hydrogen) atoms. The van der Waals surface area contributed by atoms with Crippen LogP contribution in [0.4, 0.5) is 0 Å². The van der Waals surface area contributed by atoms with E-state index in [1.807, 2.05) is 0 Å². The van der Waals surface area contributed by atoms with Crippen molar-refractivity contribution in [3.63, 3.8) is 0 Å². The molecule has 1 saturated heterocycles. The third-order valence-electron chi connectivity index (χ3n) is 3.08. The lowest BCUT2D eigenvalue weighted by molar-refractivity contribution is -0.0798.